The fourth-order valence-electron chi connectivity index (χ4n) is 1.69. The average Bonchev–Trinajstić information content (AvgIpc) is 2.90. The third-order valence-electron chi connectivity index (χ3n) is 2.82. The van der Waals surface area contributed by atoms with Crippen molar-refractivity contribution in [1.82, 2.24) is 5.32 Å². The molecular formula is C14H13ClFNO3. The van der Waals surface area contributed by atoms with Crippen LogP contribution in [0, 0.1) is 5.82 Å². The molecule has 0 aliphatic carbocycles. The molecule has 1 atom stereocenters. The maximum absolute atomic E-state index is 13.6. The normalized spacial score (nSPS) is 13.8. The van der Waals surface area contributed by atoms with E-state index in [1.807, 2.05) is 0 Å². The van der Waals surface area contributed by atoms with E-state index in [0.29, 0.717) is 5.76 Å². The predicted molar refractivity (Wildman–Crippen MR) is 72.0 cm³/mol. The van der Waals surface area contributed by atoms with Crippen LogP contribution >= 0.6 is 11.6 Å². The zero-order valence-electron chi connectivity index (χ0n) is 10.7. The summed E-state index contributed by atoms with van der Waals surface area (Å²) in [5, 5.41) is 12.8. The Kier molecular flexibility index (Phi) is 4.11. The molecule has 0 saturated heterocycles. The standard InChI is InChI=1S/C14H13ClFNO3/c1-14(19,12-3-2-6-20-12)8-17-13(18)10-5-4-9(15)7-11(10)16/h2-7,19H,8H2,1H3,(H,17,18). The molecule has 6 heteroatoms. The van der Waals surface area contributed by atoms with Gasteiger partial charge in [-0.2, -0.15) is 0 Å². The Morgan fingerprint density at radius 1 is 1.50 bits per heavy atom. The first-order valence-corrected chi connectivity index (χ1v) is 6.27. The predicted octanol–water partition coefficient (Wildman–Crippen LogP) is 2.71. The van der Waals surface area contributed by atoms with Gasteiger partial charge in [-0.05, 0) is 37.3 Å². The van der Waals surface area contributed by atoms with Crippen molar-refractivity contribution in [3.63, 3.8) is 0 Å². The highest BCUT2D eigenvalue weighted by atomic mass is 35.5. The molecule has 4 nitrogen and oxygen atoms in total. The van der Waals surface area contributed by atoms with Crippen molar-refractivity contribution in [2.75, 3.05) is 6.54 Å². The minimum Gasteiger partial charge on any atom is -0.466 e. The van der Waals surface area contributed by atoms with Gasteiger partial charge in [0.05, 0.1) is 18.4 Å². The average molecular weight is 298 g/mol. The quantitative estimate of drug-likeness (QED) is 0.912. The van der Waals surface area contributed by atoms with Gasteiger partial charge >= 0.3 is 0 Å². The molecule has 1 aromatic heterocycles. The van der Waals surface area contributed by atoms with E-state index in [0.717, 1.165) is 6.07 Å². The van der Waals surface area contributed by atoms with Gasteiger partial charge in [0, 0.05) is 5.02 Å². The number of furan rings is 1. The highest BCUT2D eigenvalue weighted by Crippen LogP contribution is 2.20. The van der Waals surface area contributed by atoms with Crippen LogP contribution in [0.25, 0.3) is 0 Å². The van der Waals surface area contributed by atoms with E-state index in [1.54, 1.807) is 12.1 Å². The van der Waals surface area contributed by atoms with E-state index >= 15 is 0 Å². The lowest BCUT2D eigenvalue weighted by Crippen LogP contribution is -2.38. The van der Waals surface area contributed by atoms with Gasteiger partial charge in [0.2, 0.25) is 0 Å². The maximum atomic E-state index is 13.6. The molecule has 1 amide bonds. The molecule has 0 radical (unpaired) electrons. The van der Waals surface area contributed by atoms with Crippen LogP contribution in [0.3, 0.4) is 0 Å². The molecule has 0 bridgehead atoms. The fraction of sp³-hybridized carbons (Fsp3) is 0.214. The molecule has 20 heavy (non-hydrogen) atoms. The molecule has 0 fully saturated rings. The summed E-state index contributed by atoms with van der Waals surface area (Å²) in [6, 6.07) is 6.99. The number of amides is 1. The zero-order chi connectivity index (χ0) is 14.8. The van der Waals surface area contributed by atoms with E-state index < -0.39 is 17.3 Å². The Bertz CT molecular complexity index is 611. The molecule has 2 aromatic rings. The first-order valence-electron chi connectivity index (χ1n) is 5.90. The molecule has 0 spiro atoms. The maximum Gasteiger partial charge on any atom is 0.254 e. The van der Waals surface area contributed by atoms with E-state index in [1.165, 1.54) is 25.3 Å². The van der Waals surface area contributed by atoms with Crippen molar-refractivity contribution in [2.45, 2.75) is 12.5 Å². The second-order valence-corrected chi connectivity index (χ2v) is 4.99. The van der Waals surface area contributed by atoms with Gasteiger partial charge < -0.3 is 14.8 Å². The van der Waals surface area contributed by atoms with Gasteiger partial charge in [0.15, 0.2) is 0 Å². The summed E-state index contributed by atoms with van der Waals surface area (Å²) in [5.41, 5.74) is -1.51. The van der Waals surface area contributed by atoms with E-state index in [-0.39, 0.29) is 17.1 Å². The molecule has 2 N–H and O–H groups in total. The molecule has 0 saturated carbocycles. The smallest absolute Gasteiger partial charge is 0.254 e. The van der Waals surface area contributed by atoms with E-state index in [4.69, 9.17) is 16.0 Å². The Labute approximate surface area is 120 Å². The van der Waals surface area contributed by atoms with Crippen molar-refractivity contribution in [2.24, 2.45) is 0 Å². The summed E-state index contributed by atoms with van der Waals surface area (Å²) in [6.45, 7) is 1.38. The van der Waals surface area contributed by atoms with Crippen LogP contribution in [-0.2, 0) is 5.60 Å². The van der Waals surface area contributed by atoms with Crippen LogP contribution in [0.15, 0.2) is 41.0 Å². The number of carbonyl (C=O) groups excluding carboxylic acids is 1. The van der Waals surface area contributed by atoms with Gasteiger partial charge in [-0.3, -0.25) is 4.79 Å². The van der Waals surface area contributed by atoms with Gasteiger partial charge in [-0.1, -0.05) is 11.6 Å². The number of rotatable bonds is 4. The van der Waals surface area contributed by atoms with Crippen molar-refractivity contribution < 1.29 is 18.7 Å². The van der Waals surface area contributed by atoms with E-state index in [2.05, 4.69) is 5.32 Å². The minimum absolute atomic E-state index is 0.110. The Morgan fingerprint density at radius 3 is 2.85 bits per heavy atom. The Hall–Kier alpha value is -1.85. The highest BCUT2D eigenvalue weighted by molar-refractivity contribution is 6.30. The monoisotopic (exact) mass is 297 g/mol. The summed E-state index contributed by atoms with van der Waals surface area (Å²) in [7, 11) is 0. The van der Waals surface area contributed by atoms with Crippen molar-refractivity contribution in [3.8, 4) is 0 Å². The Balaban J connectivity index is 2.05. The van der Waals surface area contributed by atoms with Crippen LogP contribution in [0.1, 0.15) is 23.0 Å². The third-order valence-corrected chi connectivity index (χ3v) is 3.06. The summed E-state index contributed by atoms with van der Waals surface area (Å²) in [4.78, 5) is 11.9. The molecule has 1 aromatic carbocycles. The lowest BCUT2D eigenvalue weighted by molar-refractivity contribution is 0.0329. The SMILES string of the molecule is CC(O)(CNC(=O)c1ccc(Cl)cc1F)c1ccco1. The van der Waals surface area contributed by atoms with Crippen molar-refractivity contribution >= 4 is 17.5 Å². The van der Waals surface area contributed by atoms with Crippen LogP contribution in [0.4, 0.5) is 4.39 Å². The van der Waals surface area contributed by atoms with E-state index in [9.17, 15) is 14.3 Å². The zero-order valence-corrected chi connectivity index (χ0v) is 11.4. The molecule has 1 heterocycles. The lowest BCUT2D eigenvalue weighted by Gasteiger charge is -2.21. The van der Waals surface area contributed by atoms with Crippen LogP contribution in [0.2, 0.25) is 5.02 Å². The number of benzene rings is 1. The van der Waals surface area contributed by atoms with Crippen LogP contribution < -0.4 is 5.32 Å². The van der Waals surface area contributed by atoms with Crippen molar-refractivity contribution in [3.05, 3.63) is 58.8 Å². The second-order valence-electron chi connectivity index (χ2n) is 4.56. The first kappa shape index (κ1) is 14.6. The molecule has 0 aliphatic rings. The van der Waals surface area contributed by atoms with Crippen LogP contribution in [-0.4, -0.2) is 17.6 Å². The highest BCUT2D eigenvalue weighted by Gasteiger charge is 2.27. The summed E-state index contributed by atoms with van der Waals surface area (Å²) < 4.78 is 18.7. The van der Waals surface area contributed by atoms with Gasteiger partial charge in [-0.25, -0.2) is 4.39 Å². The van der Waals surface area contributed by atoms with Gasteiger partial charge in [0.1, 0.15) is 17.2 Å². The van der Waals surface area contributed by atoms with Crippen molar-refractivity contribution in [1.29, 1.82) is 0 Å². The Morgan fingerprint density at radius 2 is 2.25 bits per heavy atom. The first-order chi connectivity index (χ1) is 9.40. The second kappa shape index (κ2) is 5.64. The number of halogens is 2. The molecule has 106 valence electrons. The summed E-state index contributed by atoms with van der Waals surface area (Å²) in [5.74, 6) is -1.03. The summed E-state index contributed by atoms with van der Waals surface area (Å²) in [6.07, 6.45) is 1.42. The lowest BCUT2D eigenvalue weighted by atomic mass is 10.0. The molecular weight excluding hydrogens is 285 g/mol. The number of nitrogens with one attached hydrogen (secondary N) is 1. The number of carbonyl (C=O) groups is 1. The topological polar surface area (TPSA) is 62.5 Å². The third kappa shape index (κ3) is 3.18. The largest absolute Gasteiger partial charge is 0.466 e. The number of hydrogen-bond acceptors (Lipinski definition) is 3. The van der Waals surface area contributed by atoms with Crippen LogP contribution in [0.5, 0.6) is 0 Å². The number of hydrogen-bond donors (Lipinski definition) is 2. The number of aliphatic hydroxyl groups is 1. The minimum atomic E-state index is -1.37. The fourth-order valence-corrected chi connectivity index (χ4v) is 1.85. The van der Waals surface area contributed by atoms with Gasteiger partial charge in [0.25, 0.3) is 5.91 Å². The van der Waals surface area contributed by atoms with Gasteiger partial charge in [-0.15, -0.1) is 0 Å². The molecule has 2 rings (SSSR count). The molecule has 1 unspecified atom stereocenters. The molecule has 0 aliphatic heterocycles. The summed E-state index contributed by atoms with van der Waals surface area (Å²) >= 11 is 5.61.